The second kappa shape index (κ2) is 10.4. The van der Waals surface area contributed by atoms with Gasteiger partial charge in [-0.2, -0.15) is 0 Å². The first-order valence-corrected chi connectivity index (χ1v) is 10.7. The van der Waals surface area contributed by atoms with Crippen LogP contribution in [-0.4, -0.2) is 56.7 Å². The smallest absolute Gasteiger partial charge is 0.254 e. The van der Waals surface area contributed by atoms with Crippen molar-refractivity contribution >= 4 is 33.4 Å². The standard InChI is InChI=1S/C22H25BrN2O6/c1-4-25(22(27)14-10-16(23)21(29-5-2)19(11-14)28-3)13-20(26)24-15-6-7-17-18(12-15)31-9-8-30-17/h6-7,10-12H,4-5,8-9,13H2,1-3H3,(H,24,26). The lowest BCUT2D eigenvalue weighted by Crippen LogP contribution is -2.37. The molecule has 166 valence electrons. The van der Waals surface area contributed by atoms with Gasteiger partial charge in [-0.05, 0) is 54.0 Å². The molecule has 2 aromatic rings. The molecule has 0 fully saturated rings. The maximum absolute atomic E-state index is 13.0. The van der Waals surface area contributed by atoms with Crippen molar-refractivity contribution in [1.29, 1.82) is 0 Å². The maximum Gasteiger partial charge on any atom is 0.254 e. The summed E-state index contributed by atoms with van der Waals surface area (Å²) >= 11 is 3.43. The number of amides is 2. The van der Waals surface area contributed by atoms with Crippen LogP contribution in [0.4, 0.5) is 5.69 Å². The third-order valence-electron chi connectivity index (χ3n) is 4.59. The van der Waals surface area contributed by atoms with Gasteiger partial charge in [-0.3, -0.25) is 9.59 Å². The summed E-state index contributed by atoms with van der Waals surface area (Å²) in [4.78, 5) is 27.1. The number of carbonyl (C=O) groups excluding carboxylic acids is 2. The molecule has 2 amide bonds. The molecule has 9 heteroatoms. The number of anilines is 1. The Hall–Kier alpha value is -2.94. The zero-order valence-corrected chi connectivity index (χ0v) is 19.3. The second-order valence-corrected chi connectivity index (χ2v) is 7.50. The van der Waals surface area contributed by atoms with Crippen LogP contribution in [0.5, 0.6) is 23.0 Å². The lowest BCUT2D eigenvalue weighted by molar-refractivity contribution is -0.116. The first-order valence-electron chi connectivity index (χ1n) is 9.95. The Morgan fingerprint density at radius 2 is 1.87 bits per heavy atom. The Bertz CT molecular complexity index is 965. The number of fused-ring (bicyclic) bond motifs is 1. The Morgan fingerprint density at radius 3 is 2.55 bits per heavy atom. The molecule has 0 bridgehead atoms. The highest BCUT2D eigenvalue weighted by atomic mass is 79.9. The summed E-state index contributed by atoms with van der Waals surface area (Å²) in [5.41, 5.74) is 0.962. The van der Waals surface area contributed by atoms with Gasteiger partial charge in [0.1, 0.15) is 19.8 Å². The Balaban J connectivity index is 1.71. The zero-order chi connectivity index (χ0) is 22.4. The topological polar surface area (TPSA) is 86.3 Å². The number of ether oxygens (including phenoxy) is 4. The monoisotopic (exact) mass is 492 g/mol. The van der Waals surface area contributed by atoms with E-state index in [0.29, 0.717) is 65.1 Å². The third kappa shape index (κ3) is 5.41. The van der Waals surface area contributed by atoms with Crippen LogP contribution < -0.4 is 24.3 Å². The summed E-state index contributed by atoms with van der Waals surface area (Å²) in [5.74, 6) is 1.59. The summed E-state index contributed by atoms with van der Waals surface area (Å²) in [6, 6.07) is 8.46. The van der Waals surface area contributed by atoms with E-state index < -0.39 is 0 Å². The normalized spacial score (nSPS) is 12.1. The molecular weight excluding hydrogens is 468 g/mol. The quantitative estimate of drug-likeness (QED) is 0.604. The van der Waals surface area contributed by atoms with E-state index in [9.17, 15) is 9.59 Å². The minimum absolute atomic E-state index is 0.100. The molecule has 1 aliphatic heterocycles. The molecule has 0 aromatic heterocycles. The van der Waals surface area contributed by atoms with Crippen LogP contribution in [0.25, 0.3) is 0 Å². The number of benzene rings is 2. The van der Waals surface area contributed by atoms with Crippen molar-refractivity contribution in [2.75, 3.05) is 45.3 Å². The Labute approximate surface area is 189 Å². The van der Waals surface area contributed by atoms with E-state index in [1.165, 1.54) is 12.0 Å². The van der Waals surface area contributed by atoms with E-state index in [2.05, 4.69) is 21.2 Å². The highest BCUT2D eigenvalue weighted by Gasteiger charge is 2.21. The molecule has 31 heavy (non-hydrogen) atoms. The van der Waals surface area contributed by atoms with Gasteiger partial charge in [0.25, 0.3) is 5.91 Å². The third-order valence-corrected chi connectivity index (χ3v) is 5.18. The van der Waals surface area contributed by atoms with Crippen LogP contribution in [0.2, 0.25) is 0 Å². The van der Waals surface area contributed by atoms with Crippen LogP contribution >= 0.6 is 15.9 Å². The predicted octanol–water partition coefficient (Wildman–Crippen LogP) is 3.73. The molecule has 3 rings (SSSR count). The molecule has 0 radical (unpaired) electrons. The number of hydrogen-bond donors (Lipinski definition) is 1. The average molecular weight is 493 g/mol. The van der Waals surface area contributed by atoms with Crippen LogP contribution in [0, 0.1) is 0 Å². The van der Waals surface area contributed by atoms with Gasteiger partial charge in [0.05, 0.1) is 18.2 Å². The zero-order valence-electron chi connectivity index (χ0n) is 17.7. The van der Waals surface area contributed by atoms with E-state index >= 15 is 0 Å². The molecule has 2 aromatic carbocycles. The fraction of sp³-hybridized carbons (Fsp3) is 0.364. The molecule has 0 aliphatic carbocycles. The number of nitrogens with one attached hydrogen (secondary N) is 1. The maximum atomic E-state index is 13.0. The summed E-state index contributed by atoms with van der Waals surface area (Å²) in [6.45, 7) is 5.36. The molecular formula is C22H25BrN2O6. The minimum atomic E-state index is -0.316. The van der Waals surface area contributed by atoms with Crippen molar-refractivity contribution in [3.63, 3.8) is 0 Å². The van der Waals surface area contributed by atoms with Crippen LogP contribution in [-0.2, 0) is 4.79 Å². The first-order chi connectivity index (χ1) is 15.0. The summed E-state index contributed by atoms with van der Waals surface area (Å²) in [6.07, 6.45) is 0. The first kappa shape index (κ1) is 22.7. The van der Waals surface area contributed by atoms with Gasteiger partial charge in [-0.25, -0.2) is 0 Å². The number of halogens is 1. The van der Waals surface area contributed by atoms with Gasteiger partial charge >= 0.3 is 0 Å². The van der Waals surface area contributed by atoms with Crippen molar-refractivity contribution < 1.29 is 28.5 Å². The van der Waals surface area contributed by atoms with Gasteiger partial charge in [0, 0.05) is 23.9 Å². The molecule has 0 spiro atoms. The van der Waals surface area contributed by atoms with Crippen LogP contribution in [0.3, 0.4) is 0 Å². The summed E-state index contributed by atoms with van der Waals surface area (Å²) in [5, 5.41) is 2.80. The van der Waals surface area contributed by atoms with Gasteiger partial charge in [-0.1, -0.05) is 0 Å². The molecule has 0 unspecified atom stereocenters. The molecule has 0 atom stereocenters. The molecule has 8 nitrogen and oxygen atoms in total. The van der Waals surface area contributed by atoms with Gasteiger partial charge in [0.15, 0.2) is 23.0 Å². The lowest BCUT2D eigenvalue weighted by atomic mass is 10.1. The highest BCUT2D eigenvalue weighted by Crippen LogP contribution is 2.37. The van der Waals surface area contributed by atoms with Crippen molar-refractivity contribution in [2.24, 2.45) is 0 Å². The molecule has 1 N–H and O–H groups in total. The van der Waals surface area contributed by atoms with Gasteiger partial charge in [-0.15, -0.1) is 0 Å². The summed E-state index contributed by atoms with van der Waals surface area (Å²) in [7, 11) is 1.51. The van der Waals surface area contributed by atoms with E-state index in [0.717, 1.165) is 0 Å². The minimum Gasteiger partial charge on any atom is -0.493 e. The van der Waals surface area contributed by atoms with Crippen molar-refractivity contribution in [1.82, 2.24) is 4.90 Å². The lowest BCUT2D eigenvalue weighted by Gasteiger charge is -2.22. The van der Waals surface area contributed by atoms with E-state index in [4.69, 9.17) is 18.9 Å². The van der Waals surface area contributed by atoms with Crippen molar-refractivity contribution in [3.05, 3.63) is 40.4 Å². The number of carbonyl (C=O) groups is 2. The highest BCUT2D eigenvalue weighted by molar-refractivity contribution is 9.10. The number of rotatable bonds is 8. The number of methoxy groups -OCH3 is 1. The van der Waals surface area contributed by atoms with E-state index in [1.54, 1.807) is 30.3 Å². The van der Waals surface area contributed by atoms with Crippen LogP contribution in [0.15, 0.2) is 34.8 Å². The number of likely N-dealkylation sites (N-methyl/N-ethyl adjacent to an activating group) is 1. The molecule has 0 saturated heterocycles. The summed E-state index contributed by atoms with van der Waals surface area (Å²) < 4.78 is 22.6. The van der Waals surface area contributed by atoms with Gasteiger partial charge < -0.3 is 29.2 Å². The molecule has 1 aliphatic rings. The molecule has 1 heterocycles. The fourth-order valence-electron chi connectivity index (χ4n) is 3.13. The van der Waals surface area contributed by atoms with Gasteiger partial charge in [0.2, 0.25) is 5.91 Å². The van der Waals surface area contributed by atoms with E-state index in [1.807, 2.05) is 13.8 Å². The largest absolute Gasteiger partial charge is 0.493 e. The number of nitrogens with zero attached hydrogens (tertiary/aromatic N) is 1. The molecule has 0 saturated carbocycles. The SMILES string of the molecule is CCOc1c(Br)cc(C(=O)N(CC)CC(=O)Nc2ccc3c(c2)OCCO3)cc1OC. The average Bonchev–Trinajstić information content (AvgIpc) is 2.78. The van der Waals surface area contributed by atoms with Crippen molar-refractivity contribution in [2.45, 2.75) is 13.8 Å². The predicted molar refractivity (Wildman–Crippen MR) is 120 cm³/mol. The fourth-order valence-corrected chi connectivity index (χ4v) is 3.69. The van der Waals surface area contributed by atoms with Crippen molar-refractivity contribution in [3.8, 4) is 23.0 Å². The van der Waals surface area contributed by atoms with Crippen LogP contribution in [0.1, 0.15) is 24.2 Å². The Kier molecular flexibility index (Phi) is 7.62. The van der Waals surface area contributed by atoms with E-state index in [-0.39, 0.29) is 18.4 Å². The number of hydrogen-bond acceptors (Lipinski definition) is 6. The second-order valence-electron chi connectivity index (χ2n) is 6.65. The Morgan fingerprint density at radius 1 is 1.13 bits per heavy atom.